The first-order chi connectivity index (χ1) is 9.20. The number of rotatable bonds is 3. The van der Waals surface area contributed by atoms with Gasteiger partial charge in [0.25, 0.3) is 6.43 Å². The summed E-state index contributed by atoms with van der Waals surface area (Å²) in [5.41, 5.74) is 1.24. The highest BCUT2D eigenvalue weighted by Crippen LogP contribution is 2.23. The molecule has 2 fully saturated rings. The van der Waals surface area contributed by atoms with Crippen LogP contribution in [0.4, 0.5) is 8.78 Å². The molecule has 19 heavy (non-hydrogen) atoms. The molecule has 1 N–H and O–H groups in total. The van der Waals surface area contributed by atoms with Gasteiger partial charge in [0, 0.05) is 37.3 Å². The fourth-order valence-electron chi connectivity index (χ4n) is 3.19. The van der Waals surface area contributed by atoms with Gasteiger partial charge in [0.1, 0.15) is 0 Å². The lowest BCUT2D eigenvalue weighted by Gasteiger charge is -2.24. The van der Waals surface area contributed by atoms with Gasteiger partial charge in [-0.15, -0.1) is 0 Å². The van der Waals surface area contributed by atoms with Crippen LogP contribution in [0.25, 0.3) is 0 Å². The lowest BCUT2D eigenvalue weighted by Crippen LogP contribution is -2.34. The molecule has 104 valence electrons. The quantitative estimate of drug-likeness (QED) is 0.905. The highest BCUT2D eigenvalue weighted by molar-refractivity contribution is 5.23. The second-order valence-electron chi connectivity index (χ2n) is 5.70. The minimum atomic E-state index is -2.37. The van der Waals surface area contributed by atoms with Gasteiger partial charge in [0.2, 0.25) is 0 Å². The zero-order valence-corrected chi connectivity index (χ0v) is 11.0. The maximum absolute atomic E-state index is 12.5. The Bertz CT molecular complexity index is 419. The highest BCUT2D eigenvalue weighted by Gasteiger charge is 2.28. The number of benzene rings is 1. The molecule has 2 heterocycles. The summed E-state index contributed by atoms with van der Waals surface area (Å²) in [7, 11) is 0. The molecule has 2 atom stereocenters. The van der Waals surface area contributed by atoms with Crippen molar-refractivity contribution in [2.24, 2.45) is 0 Å². The molecule has 2 aliphatic heterocycles. The number of hydrogen-bond acceptors (Lipinski definition) is 2. The summed E-state index contributed by atoms with van der Waals surface area (Å²) in [4.78, 5) is 2.44. The van der Waals surface area contributed by atoms with E-state index in [0.29, 0.717) is 12.1 Å². The lowest BCUT2D eigenvalue weighted by atomic mass is 10.1. The van der Waals surface area contributed by atoms with Gasteiger partial charge in [-0.3, -0.25) is 4.90 Å². The SMILES string of the molecule is FC(F)c1ccc(CN2CCC3CCC(C2)N3)cc1. The first kappa shape index (κ1) is 13.0. The van der Waals surface area contributed by atoms with Crippen LogP contribution >= 0.6 is 0 Å². The van der Waals surface area contributed by atoms with E-state index in [-0.39, 0.29) is 5.56 Å². The Morgan fingerprint density at radius 2 is 1.84 bits per heavy atom. The summed E-state index contributed by atoms with van der Waals surface area (Å²) < 4.78 is 25.0. The summed E-state index contributed by atoms with van der Waals surface area (Å²) in [5.74, 6) is 0. The minimum Gasteiger partial charge on any atom is -0.310 e. The second kappa shape index (κ2) is 5.55. The lowest BCUT2D eigenvalue weighted by molar-refractivity contribution is 0.151. The van der Waals surface area contributed by atoms with Crippen LogP contribution in [-0.2, 0) is 6.54 Å². The van der Waals surface area contributed by atoms with Crippen molar-refractivity contribution in [1.29, 1.82) is 0 Å². The monoisotopic (exact) mass is 266 g/mol. The van der Waals surface area contributed by atoms with E-state index >= 15 is 0 Å². The topological polar surface area (TPSA) is 15.3 Å². The van der Waals surface area contributed by atoms with Gasteiger partial charge < -0.3 is 5.32 Å². The molecule has 2 nitrogen and oxygen atoms in total. The molecule has 2 unspecified atom stereocenters. The third-order valence-corrected chi connectivity index (χ3v) is 4.25. The maximum atomic E-state index is 12.5. The van der Waals surface area contributed by atoms with Crippen LogP contribution in [0.5, 0.6) is 0 Å². The van der Waals surface area contributed by atoms with Crippen molar-refractivity contribution in [2.75, 3.05) is 13.1 Å². The third-order valence-electron chi connectivity index (χ3n) is 4.25. The first-order valence-corrected chi connectivity index (χ1v) is 7.06. The van der Waals surface area contributed by atoms with Gasteiger partial charge in [-0.05, 0) is 24.8 Å². The maximum Gasteiger partial charge on any atom is 0.263 e. The molecule has 0 spiro atoms. The number of likely N-dealkylation sites (tertiary alicyclic amines) is 1. The Hall–Kier alpha value is -1.00. The smallest absolute Gasteiger partial charge is 0.263 e. The number of fused-ring (bicyclic) bond motifs is 2. The van der Waals surface area contributed by atoms with Crippen molar-refractivity contribution in [3.05, 3.63) is 35.4 Å². The van der Waals surface area contributed by atoms with Crippen molar-refractivity contribution in [3.8, 4) is 0 Å². The van der Waals surface area contributed by atoms with Gasteiger partial charge in [-0.2, -0.15) is 0 Å². The van der Waals surface area contributed by atoms with E-state index in [1.54, 1.807) is 12.1 Å². The Morgan fingerprint density at radius 3 is 2.58 bits per heavy atom. The Kier molecular flexibility index (Phi) is 3.80. The second-order valence-corrected chi connectivity index (χ2v) is 5.70. The Labute approximate surface area is 112 Å². The largest absolute Gasteiger partial charge is 0.310 e. The van der Waals surface area contributed by atoms with Crippen LogP contribution < -0.4 is 5.32 Å². The molecule has 2 saturated heterocycles. The Morgan fingerprint density at radius 1 is 1.11 bits per heavy atom. The van der Waals surface area contributed by atoms with Crippen molar-refractivity contribution in [2.45, 2.75) is 44.3 Å². The summed E-state index contributed by atoms with van der Waals surface area (Å²) in [5, 5.41) is 3.65. The van der Waals surface area contributed by atoms with Crippen LogP contribution in [0, 0.1) is 0 Å². The predicted molar refractivity (Wildman–Crippen MR) is 71.2 cm³/mol. The Balaban J connectivity index is 1.61. The molecule has 0 aliphatic carbocycles. The van der Waals surface area contributed by atoms with E-state index in [1.807, 2.05) is 12.1 Å². The predicted octanol–water partition coefficient (Wildman–Crippen LogP) is 2.95. The number of nitrogens with one attached hydrogen (secondary N) is 1. The molecule has 2 aliphatic rings. The van der Waals surface area contributed by atoms with Crippen molar-refractivity contribution >= 4 is 0 Å². The van der Waals surface area contributed by atoms with Crippen LogP contribution in [0.2, 0.25) is 0 Å². The van der Waals surface area contributed by atoms with Gasteiger partial charge in [-0.1, -0.05) is 24.3 Å². The average Bonchev–Trinajstić information content (AvgIpc) is 2.73. The summed E-state index contributed by atoms with van der Waals surface area (Å²) in [6.07, 6.45) is 1.41. The van der Waals surface area contributed by atoms with E-state index < -0.39 is 6.43 Å². The molecular formula is C15H20F2N2. The van der Waals surface area contributed by atoms with E-state index in [4.69, 9.17) is 0 Å². The molecule has 4 heteroatoms. The van der Waals surface area contributed by atoms with Crippen LogP contribution in [0.3, 0.4) is 0 Å². The number of hydrogen-bond donors (Lipinski definition) is 1. The highest BCUT2D eigenvalue weighted by atomic mass is 19.3. The molecule has 1 aromatic rings. The zero-order valence-electron chi connectivity index (χ0n) is 11.0. The summed E-state index contributed by atoms with van der Waals surface area (Å²) in [6.45, 7) is 3.05. The average molecular weight is 266 g/mol. The van der Waals surface area contributed by atoms with Crippen molar-refractivity contribution in [3.63, 3.8) is 0 Å². The van der Waals surface area contributed by atoms with Gasteiger partial charge in [0.15, 0.2) is 0 Å². The van der Waals surface area contributed by atoms with Crippen LogP contribution in [0.1, 0.15) is 36.8 Å². The van der Waals surface area contributed by atoms with E-state index in [0.717, 1.165) is 25.2 Å². The molecule has 0 radical (unpaired) electrons. The van der Waals surface area contributed by atoms with Crippen LogP contribution in [0.15, 0.2) is 24.3 Å². The fraction of sp³-hybridized carbons (Fsp3) is 0.600. The summed E-state index contributed by atoms with van der Waals surface area (Å²) >= 11 is 0. The zero-order chi connectivity index (χ0) is 13.2. The third kappa shape index (κ3) is 3.12. The summed E-state index contributed by atoms with van der Waals surface area (Å²) in [6, 6.07) is 8.06. The van der Waals surface area contributed by atoms with Crippen molar-refractivity contribution in [1.82, 2.24) is 10.2 Å². The van der Waals surface area contributed by atoms with Crippen molar-refractivity contribution < 1.29 is 8.78 Å². The first-order valence-electron chi connectivity index (χ1n) is 7.06. The standard InChI is InChI=1S/C15H20F2N2/c16-15(17)12-3-1-11(2-4-12)9-19-8-7-13-5-6-14(10-19)18-13/h1-4,13-15,18H,5-10H2. The molecular weight excluding hydrogens is 246 g/mol. The number of alkyl halides is 2. The normalized spacial score (nSPS) is 27.7. The van der Waals surface area contributed by atoms with E-state index in [9.17, 15) is 8.78 Å². The molecule has 0 amide bonds. The number of nitrogens with zero attached hydrogens (tertiary/aromatic N) is 1. The van der Waals surface area contributed by atoms with E-state index in [2.05, 4.69) is 10.2 Å². The minimum absolute atomic E-state index is 0.111. The molecule has 2 bridgehead atoms. The molecule has 0 saturated carbocycles. The van der Waals surface area contributed by atoms with Gasteiger partial charge in [-0.25, -0.2) is 8.78 Å². The van der Waals surface area contributed by atoms with Gasteiger partial charge in [0.05, 0.1) is 0 Å². The van der Waals surface area contributed by atoms with Crippen LogP contribution in [-0.4, -0.2) is 30.1 Å². The molecule has 1 aromatic carbocycles. The molecule has 3 rings (SSSR count). The van der Waals surface area contributed by atoms with E-state index in [1.165, 1.54) is 19.3 Å². The number of halogens is 2. The fourth-order valence-corrected chi connectivity index (χ4v) is 3.19. The molecule has 0 aromatic heterocycles. The van der Waals surface area contributed by atoms with Gasteiger partial charge >= 0.3 is 0 Å².